The SMILES string of the molecule is COc1c(F)c(F)c(C2=NN(C(=O)c3ccc(NC(=O)c4cccnc4)cc3)CCC2)c(F)c1OC. The van der Waals surface area contributed by atoms with Gasteiger partial charge in [0, 0.05) is 30.2 Å². The highest BCUT2D eigenvalue weighted by molar-refractivity contribution is 6.05. The Bertz CT molecular complexity index is 1330. The van der Waals surface area contributed by atoms with Gasteiger partial charge in [0.05, 0.1) is 31.1 Å². The average Bonchev–Trinajstić information content (AvgIpc) is 2.91. The third-order valence-corrected chi connectivity index (χ3v) is 5.51. The first-order valence-electron chi connectivity index (χ1n) is 10.8. The molecule has 0 radical (unpaired) electrons. The van der Waals surface area contributed by atoms with Gasteiger partial charge in [-0.05, 0) is 49.2 Å². The van der Waals surface area contributed by atoms with Crippen LogP contribution in [0.4, 0.5) is 18.9 Å². The zero-order valence-corrected chi connectivity index (χ0v) is 19.3. The van der Waals surface area contributed by atoms with Gasteiger partial charge in [0.2, 0.25) is 17.3 Å². The summed E-state index contributed by atoms with van der Waals surface area (Å²) in [7, 11) is 2.16. The van der Waals surface area contributed by atoms with Crippen LogP contribution in [0.3, 0.4) is 0 Å². The molecule has 8 nitrogen and oxygen atoms in total. The van der Waals surface area contributed by atoms with Crippen molar-refractivity contribution in [2.75, 3.05) is 26.1 Å². The molecule has 2 amide bonds. The molecule has 186 valence electrons. The van der Waals surface area contributed by atoms with Crippen molar-refractivity contribution >= 4 is 23.2 Å². The lowest BCUT2D eigenvalue weighted by Gasteiger charge is -2.25. The molecule has 2 aromatic carbocycles. The predicted molar refractivity (Wildman–Crippen MR) is 125 cm³/mol. The van der Waals surface area contributed by atoms with E-state index < -0.39 is 40.4 Å². The van der Waals surface area contributed by atoms with E-state index in [-0.39, 0.29) is 30.1 Å². The molecule has 0 atom stereocenters. The maximum atomic E-state index is 15.0. The van der Waals surface area contributed by atoms with Crippen LogP contribution in [0.1, 0.15) is 39.1 Å². The van der Waals surface area contributed by atoms with Gasteiger partial charge in [0.25, 0.3) is 11.8 Å². The maximum absolute atomic E-state index is 15.0. The average molecular weight is 498 g/mol. The first-order valence-corrected chi connectivity index (χ1v) is 10.8. The summed E-state index contributed by atoms with van der Waals surface area (Å²) in [5.41, 5.74) is 0.215. The van der Waals surface area contributed by atoms with Crippen LogP contribution in [0.2, 0.25) is 0 Å². The van der Waals surface area contributed by atoms with Crippen molar-refractivity contribution in [1.82, 2.24) is 9.99 Å². The summed E-state index contributed by atoms with van der Waals surface area (Å²) in [5, 5.41) is 7.88. The van der Waals surface area contributed by atoms with E-state index in [1.54, 1.807) is 30.5 Å². The number of amides is 2. The zero-order chi connectivity index (χ0) is 25.8. The summed E-state index contributed by atoms with van der Waals surface area (Å²) in [5.74, 6) is -6.25. The van der Waals surface area contributed by atoms with E-state index in [4.69, 9.17) is 9.47 Å². The van der Waals surface area contributed by atoms with Crippen LogP contribution in [-0.4, -0.2) is 48.3 Å². The van der Waals surface area contributed by atoms with Crippen molar-refractivity contribution in [3.63, 3.8) is 0 Å². The minimum absolute atomic E-state index is 0.117. The van der Waals surface area contributed by atoms with Gasteiger partial charge in [-0.25, -0.2) is 13.8 Å². The Labute approximate surface area is 204 Å². The van der Waals surface area contributed by atoms with Gasteiger partial charge < -0.3 is 14.8 Å². The van der Waals surface area contributed by atoms with Gasteiger partial charge in [-0.15, -0.1) is 0 Å². The number of rotatable bonds is 6. The lowest BCUT2D eigenvalue weighted by molar-refractivity contribution is 0.0751. The first-order chi connectivity index (χ1) is 17.3. The summed E-state index contributed by atoms with van der Waals surface area (Å²) >= 11 is 0. The number of pyridine rings is 1. The van der Waals surface area contributed by atoms with E-state index >= 15 is 4.39 Å². The lowest BCUT2D eigenvalue weighted by atomic mass is 10.0. The standard InChI is InChI=1S/C25H21F3N4O4/c1-35-22-20(27)18(19(26)21(28)23(22)36-2)17-6-4-12-32(31-17)25(34)14-7-9-16(10-8-14)30-24(33)15-5-3-11-29-13-15/h3,5,7-11,13H,4,6,12H2,1-2H3,(H,30,33). The fourth-order valence-corrected chi connectivity index (χ4v) is 3.75. The van der Waals surface area contributed by atoms with Gasteiger partial charge in [-0.1, -0.05) is 0 Å². The van der Waals surface area contributed by atoms with Crippen molar-refractivity contribution in [1.29, 1.82) is 0 Å². The van der Waals surface area contributed by atoms with Crippen molar-refractivity contribution in [3.05, 3.63) is 82.9 Å². The number of nitrogens with zero attached hydrogens (tertiary/aromatic N) is 3. The number of methoxy groups -OCH3 is 2. The third-order valence-electron chi connectivity index (χ3n) is 5.51. The number of hydrogen-bond acceptors (Lipinski definition) is 6. The van der Waals surface area contributed by atoms with Gasteiger partial charge in [-0.2, -0.15) is 9.49 Å². The number of carbonyl (C=O) groups is 2. The number of carbonyl (C=O) groups excluding carboxylic acids is 2. The summed E-state index contributed by atoms with van der Waals surface area (Å²) in [6.07, 6.45) is 3.44. The molecule has 0 fully saturated rings. The molecule has 1 aliphatic rings. The number of hydrogen-bond donors (Lipinski definition) is 1. The van der Waals surface area contributed by atoms with Crippen LogP contribution in [0, 0.1) is 17.5 Å². The van der Waals surface area contributed by atoms with Crippen molar-refractivity contribution in [3.8, 4) is 11.5 Å². The Balaban J connectivity index is 1.57. The van der Waals surface area contributed by atoms with E-state index in [9.17, 15) is 18.4 Å². The summed E-state index contributed by atoms with van der Waals surface area (Å²) in [6.45, 7) is 0.195. The van der Waals surface area contributed by atoms with E-state index in [1.165, 1.54) is 18.3 Å². The third kappa shape index (κ3) is 4.72. The van der Waals surface area contributed by atoms with E-state index in [0.29, 0.717) is 17.7 Å². The topological polar surface area (TPSA) is 93.1 Å². The molecular weight excluding hydrogens is 477 g/mol. The van der Waals surface area contributed by atoms with Crippen LogP contribution in [-0.2, 0) is 0 Å². The Morgan fingerprint density at radius 2 is 1.64 bits per heavy atom. The molecule has 0 aliphatic carbocycles. The lowest BCUT2D eigenvalue weighted by Crippen LogP contribution is -2.33. The minimum Gasteiger partial charge on any atom is -0.490 e. The quantitative estimate of drug-likeness (QED) is 0.509. The number of nitrogens with one attached hydrogen (secondary N) is 1. The van der Waals surface area contributed by atoms with Gasteiger partial charge in [0.15, 0.2) is 11.6 Å². The summed E-state index contributed by atoms with van der Waals surface area (Å²) in [4.78, 5) is 29.2. The normalized spacial score (nSPS) is 13.1. The van der Waals surface area contributed by atoms with Crippen LogP contribution in [0.15, 0.2) is 53.9 Å². The van der Waals surface area contributed by atoms with Gasteiger partial charge in [-0.3, -0.25) is 14.6 Å². The molecule has 11 heteroatoms. The van der Waals surface area contributed by atoms with Crippen LogP contribution in [0.25, 0.3) is 0 Å². The van der Waals surface area contributed by atoms with E-state index in [2.05, 4.69) is 15.4 Å². The highest BCUT2D eigenvalue weighted by Gasteiger charge is 2.31. The molecular formula is C25H21F3N4O4. The number of benzene rings is 2. The van der Waals surface area contributed by atoms with Crippen LogP contribution in [0.5, 0.6) is 11.5 Å². The molecule has 0 unspecified atom stereocenters. The fourth-order valence-electron chi connectivity index (χ4n) is 3.75. The molecule has 36 heavy (non-hydrogen) atoms. The fraction of sp³-hybridized carbons (Fsp3) is 0.200. The van der Waals surface area contributed by atoms with E-state index in [0.717, 1.165) is 19.2 Å². The highest BCUT2D eigenvalue weighted by Crippen LogP contribution is 2.38. The van der Waals surface area contributed by atoms with Crippen molar-refractivity contribution < 1.29 is 32.2 Å². The Kier molecular flexibility index (Phi) is 7.18. The molecule has 2 heterocycles. The number of aromatic nitrogens is 1. The van der Waals surface area contributed by atoms with Gasteiger partial charge >= 0.3 is 0 Å². The summed E-state index contributed by atoms with van der Waals surface area (Å²) < 4.78 is 53.9. The number of hydrazone groups is 1. The molecule has 0 bridgehead atoms. The summed E-state index contributed by atoms with van der Waals surface area (Å²) in [6, 6.07) is 9.31. The van der Waals surface area contributed by atoms with Crippen LogP contribution < -0.4 is 14.8 Å². The Hall–Kier alpha value is -4.41. The second kappa shape index (κ2) is 10.5. The molecule has 3 aromatic rings. The zero-order valence-electron chi connectivity index (χ0n) is 19.3. The monoisotopic (exact) mass is 498 g/mol. The first kappa shape index (κ1) is 24.7. The minimum atomic E-state index is -1.48. The highest BCUT2D eigenvalue weighted by atomic mass is 19.2. The maximum Gasteiger partial charge on any atom is 0.273 e. The molecule has 0 spiro atoms. The van der Waals surface area contributed by atoms with Crippen molar-refractivity contribution in [2.24, 2.45) is 5.10 Å². The predicted octanol–water partition coefficient (Wildman–Crippen LogP) is 4.41. The molecule has 0 saturated carbocycles. The molecule has 1 aromatic heterocycles. The number of halogens is 3. The molecule has 4 rings (SSSR count). The molecule has 0 saturated heterocycles. The van der Waals surface area contributed by atoms with E-state index in [1.807, 2.05) is 0 Å². The molecule has 1 aliphatic heterocycles. The Morgan fingerprint density at radius 3 is 2.28 bits per heavy atom. The number of ether oxygens (including phenoxy) is 2. The van der Waals surface area contributed by atoms with Gasteiger partial charge in [0.1, 0.15) is 0 Å². The second-order valence-electron chi connectivity index (χ2n) is 7.74. The Morgan fingerprint density at radius 1 is 0.944 bits per heavy atom. The largest absolute Gasteiger partial charge is 0.490 e. The molecule has 1 N–H and O–H groups in total. The van der Waals surface area contributed by atoms with Crippen molar-refractivity contribution in [2.45, 2.75) is 12.8 Å². The smallest absolute Gasteiger partial charge is 0.273 e. The number of anilines is 1. The van der Waals surface area contributed by atoms with Crippen LogP contribution >= 0.6 is 0 Å². The second-order valence-corrected chi connectivity index (χ2v) is 7.74.